The summed E-state index contributed by atoms with van der Waals surface area (Å²) in [6.07, 6.45) is 2.52. The van der Waals surface area contributed by atoms with Crippen molar-refractivity contribution in [1.29, 1.82) is 0 Å². The molecule has 1 aliphatic rings. The van der Waals surface area contributed by atoms with E-state index in [0.29, 0.717) is 25.1 Å². The molecular formula is C15H22N2O2. The standard InChI is InChI=1S/C15H22N2O2/c1-2-3-9-16-14-7-5-4-6-13(14)15(19)17-10-8-12(18)11-17/h4-7,12,16,18H,2-3,8-11H2,1H3/t12-/m1/s1. The van der Waals surface area contributed by atoms with Gasteiger partial charge in [0, 0.05) is 25.3 Å². The van der Waals surface area contributed by atoms with Crippen LogP contribution in [0, 0.1) is 0 Å². The Hall–Kier alpha value is -1.55. The van der Waals surface area contributed by atoms with Gasteiger partial charge < -0.3 is 15.3 Å². The minimum absolute atomic E-state index is 0.0103. The van der Waals surface area contributed by atoms with Crippen LogP contribution < -0.4 is 5.32 Å². The molecule has 1 aromatic carbocycles. The van der Waals surface area contributed by atoms with Crippen LogP contribution in [0.5, 0.6) is 0 Å². The van der Waals surface area contributed by atoms with Gasteiger partial charge in [0.05, 0.1) is 11.7 Å². The molecular weight excluding hydrogens is 240 g/mol. The Morgan fingerprint density at radius 2 is 2.26 bits per heavy atom. The molecule has 0 aliphatic carbocycles. The third-order valence-electron chi connectivity index (χ3n) is 3.45. The summed E-state index contributed by atoms with van der Waals surface area (Å²) >= 11 is 0. The molecule has 104 valence electrons. The van der Waals surface area contributed by atoms with Crippen LogP contribution in [0.2, 0.25) is 0 Å². The smallest absolute Gasteiger partial charge is 0.256 e. The van der Waals surface area contributed by atoms with E-state index in [-0.39, 0.29) is 12.0 Å². The molecule has 1 heterocycles. The number of benzene rings is 1. The number of carbonyl (C=O) groups is 1. The zero-order valence-corrected chi connectivity index (χ0v) is 11.4. The summed E-state index contributed by atoms with van der Waals surface area (Å²) in [7, 11) is 0. The van der Waals surface area contributed by atoms with Crippen LogP contribution in [0.4, 0.5) is 5.69 Å². The number of nitrogens with zero attached hydrogens (tertiary/aromatic N) is 1. The molecule has 1 saturated heterocycles. The quantitative estimate of drug-likeness (QED) is 0.799. The van der Waals surface area contributed by atoms with Crippen LogP contribution in [0.3, 0.4) is 0 Å². The number of aliphatic hydroxyl groups excluding tert-OH is 1. The van der Waals surface area contributed by atoms with Gasteiger partial charge in [-0.2, -0.15) is 0 Å². The molecule has 0 spiro atoms. The zero-order valence-electron chi connectivity index (χ0n) is 11.4. The van der Waals surface area contributed by atoms with E-state index in [1.54, 1.807) is 4.90 Å². The fourth-order valence-corrected chi connectivity index (χ4v) is 2.32. The van der Waals surface area contributed by atoms with E-state index < -0.39 is 0 Å². The van der Waals surface area contributed by atoms with Crippen molar-refractivity contribution in [1.82, 2.24) is 4.90 Å². The first-order valence-electron chi connectivity index (χ1n) is 7.02. The Kier molecular flexibility index (Phi) is 4.80. The number of hydrogen-bond acceptors (Lipinski definition) is 3. The average Bonchev–Trinajstić information content (AvgIpc) is 2.85. The van der Waals surface area contributed by atoms with Crippen molar-refractivity contribution in [3.8, 4) is 0 Å². The van der Waals surface area contributed by atoms with Crippen LogP contribution in [0.15, 0.2) is 24.3 Å². The highest BCUT2D eigenvalue weighted by atomic mass is 16.3. The SMILES string of the molecule is CCCCNc1ccccc1C(=O)N1CC[C@@H](O)C1. The summed E-state index contributed by atoms with van der Waals surface area (Å²) < 4.78 is 0. The minimum atomic E-state index is -0.371. The van der Waals surface area contributed by atoms with Crippen LogP contribution in [0.1, 0.15) is 36.5 Å². The van der Waals surface area contributed by atoms with Crippen LogP contribution in [-0.2, 0) is 0 Å². The highest BCUT2D eigenvalue weighted by Crippen LogP contribution is 2.20. The van der Waals surface area contributed by atoms with Crippen LogP contribution >= 0.6 is 0 Å². The Morgan fingerprint density at radius 3 is 2.95 bits per heavy atom. The lowest BCUT2D eigenvalue weighted by Gasteiger charge is -2.18. The summed E-state index contributed by atoms with van der Waals surface area (Å²) in [5, 5.41) is 12.8. The summed E-state index contributed by atoms with van der Waals surface area (Å²) in [5.41, 5.74) is 1.59. The number of rotatable bonds is 5. The van der Waals surface area contributed by atoms with Crippen molar-refractivity contribution in [2.75, 3.05) is 25.0 Å². The number of nitrogens with one attached hydrogen (secondary N) is 1. The van der Waals surface area contributed by atoms with E-state index in [1.807, 2.05) is 24.3 Å². The number of carbonyl (C=O) groups excluding carboxylic acids is 1. The third kappa shape index (κ3) is 3.47. The summed E-state index contributed by atoms with van der Waals surface area (Å²) in [5.74, 6) is 0.0103. The molecule has 1 aromatic rings. The van der Waals surface area contributed by atoms with E-state index in [0.717, 1.165) is 25.1 Å². The number of likely N-dealkylation sites (tertiary alicyclic amines) is 1. The van der Waals surface area contributed by atoms with Crippen molar-refractivity contribution < 1.29 is 9.90 Å². The highest BCUT2D eigenvalue weighted by Gasteiger charge is 2.26. The highest BCUT2D eigenvalue weighted by molar-refractivity contribution is 5.99. The number of amides is 1. The number of unbranched alkanes of at least 4 members (excludes halogenated alkanes) is 1. The van der Waals surface area contributed by atoms with E-state index in [1.165, 1.54) is 0 Å². The average molecular weight is 262 g/mol. The third-order valence-corrected chi connectivity index (χ3v) is 3.45. The van der Waals surface area contributed by atoms with Crippen molar-refractivity contribution >= 4 is 11.6 Å². The first-order chi connectivity index (χ1) is 9.22. The second-order valence-corrected chi connectivity index (χ2v) is 5.02. The lowest BCUT2D eigenvalue weighted by atomic mass is 10.1. The zero-order chi connectivity index (χ0) is 13.7. The summed E-state index contributed by atoms with van der Waals surface area (Å²) in [6, 6.07) is 7.60. The van der Waals surface area contributed by atoms with Gasteiger partial charge in [0.2, 0.25) is 0 Å². The van der Waals surface area contributed by atoms with Gasteiger partial charge in [-0.05, 0) is 25.0 Å². The van der Waals surface area contributed by atoms with Crippen LogP contribution in [-0.4, -0.2) is 41.7 Å². The predicted molar refractivity (Wildman–Crippen MR) is 76.4 cm³/mol. The molecule has 19 heavy (non-hydrogen) atoms. The molecule has 0 radical (unpaired) electrons. The molecule has 0 aromatic heterocycles. The second kappa shape index (κ2) is 6.57. The Bertz CT molecular complexity index is 434. The van der Waals surface area contributed by atoms with Gasteiger partial charge in [-0.25, -0.2) is 0 Å². The van der Waals surface area contributed by atoms with Gasteiger partial charge in [0.15, 0.2) is 0 Å². The van der Waals surface area contributed by atoms with Gasteiger partial charge in [0.25, 0.3) is 5.91 Å². The number of para-hydroxylation sites is 1. The molecule has 1 amide bonds. The van der Waals surface area contributed by atoms with E-state index in [9.17, 15) is 9.90 Å². The van der Waals surface area contributed by atoms with Gasteiger partial charge in [-0.15, -0.1) is 0 Å². The van der Waals surface area contributed by atoms with Crippen molar-refractivity contribution in [2.45, 2.75) is 32.3 Å². The Balaban J connectivity index is 2.08. The molecule has 1 fully saturated rings. The number of β-amino-alcohol motifs (C(OH)–C–C–N with tert-alkyl or cyclic N) is 1. The number of anilines is 1. The fourth-order valence-electron chi connectivity index (χ4n) is 2.32. The Morgan fingerprint density at radius 1 is 1.47 bits per heavy atom. The van der Waals surface area contributed by atoms with Crippen LogP contribution in [0.25, 0.3) is 0 Å². The maximum absolute atomic E-state index is 12.4. The van der Waals surface area contributed by atoms with E-state index in [2.05, 4.69) is 12.2 Å². The number of hydrogen-bond donors (Lipinski definition) is 2. The first kappa shape index (κ1) is 13.9. The molecule has 0 bridgehead atoms. The molecule has 0 unspecified atom stereocenters. The van der Waals surface area contributed by atoms with Gasteiger partial charge in [0.1, 0.15) is 0 Å². The molecule has 4 heteroatoms. The first-order valence-corrected chi connectivity index (χ1v) is 7.02. The molecule has 4 nitrogen and oxygen atoms in total. The summed E-state index contributed by atoms with van der Waals surface area (Å²) in [4.78, 5) is 14.1. The van der Waals surface area contributed by atoms with Gasteiger partial charge in [-0.1, -0.05) is 25.5 Å². The molecule has 2 rings (SSSR count). The lowest BCUT2D eigenvalue weighted by Crippen LogP contribution is -2.30. The predicted octanol–water partition coefficient (Wildman–Crippen LogP) is 2.11. The largest absolute Gasteiger partial charge is 0.391 e. The molecule has 0 saturated carbocycles. The van der Waals surface area contributed by atoms with E-state index in [4.69, 9.17) is 0 Å². The summed E-state index contributed by atoms with van der Waals surface area (Å²) in [6.45, 7) is 4.11. The maximum atomic E-state index is 12.4. The molecule has 1 aliphatic heterocycles. The monoisotopic (exact) mass is 262 g/mol. The Labute approximate surface area is 114 Å². The fraction of sp³-hybridized carbons (Fsp3) is 0.533. The maximum Gasteiger partial charge on any atom is 0.256 e. The molecule has 1 atom stereocenters. The lowest BCUT2D eigenvalue weighted by molar-refractivity contribution is 0.0766. The normalized spacial score (nSPS) is 18.6. The topological polar surface area (TPSA) is 52.6 Å². The second-order valence-electron chi connectivity index (χ2n) is 5.02. The molecule has 2 N–H and O–H groups in total. The van der Waals surface area contributed by atoms with Crippen molar-refractivity contribution in [3.63, 3.8) is 0 Å². The van der Waals surface area contributed by atoms with Crippen molar-refractivity contribution in [2.24, 2.45) is 0 Å². The van der Waals surface area contributed by atoms with Gasteiger partial charge in [-0.3, -0.25) is 4.79 Å². The van der Waals surface area contributed by atoms with Crippen molar-refractivity contribution in [3.05, 3.63) is 29.8 Å². The van der Waals surface area contributed by atoms with E-state index >= 15 is 0 Å². The number of aliphatic hydroxyl groups is 1. The minimum Gasteiger partial charge on any atom is -0.391 e. The van der Waals surface area contributed by atoms with Gasteiger partial charge >= 0.3 is 0 Å².